The number of alkyl halides is 3. The highest BCUT2D eigenvalue weighted by Gasteiger charge is 2.35. The first-order valence-electron chi connectivity index (χ1n) is 10.3. The van der Waals surface area contributed by atoms with Crippen molar-refractivity contribution < 1.29 is 27.5 Å². The zero-order valence-electron chi connectivity index (χ0n) is 17.9. The number of carbonyl (C=O) groups excluding carboxylic acids is 2. The van der Waals surface area contributed by atoms with E-state index in [9.17, 15) is 22.8 Å². The van der Waals surface area contributed by atoms with Crippen molar-refractivity contribution in [1.29, 1.82) is 0 Å². The van der Waals surface area contributed by atoms with E-state index in [1.807, 2.05) is 30.3 Å². The summed E-state index contributed by atoms with van der Waals surface area (Å²) in [5.74, 6) is -1.86. The molecule has 0 bridgehead atoms. The van der Waals surface area contributed by atoms with Crippen LogP contribution in [0.2, 0.25) is 5.02 Å². The first kappa shape index (κ1) is 24.0. The fourth-order valence-electron chi connectivity index (χ4n) is 3.31. The Bertz CT molecular complexity index is 1360. The van der Waals surface area contributed by atoms with Crippen LogP contribution in [0.4, 0.5) is 18.9 Å². The molecule has 1 aromatic heterocycles. The Morgan fingerprint density at radius 2 is 1.60 bits per heavy atom. The summed E-state index contributed by atoms with van der Waals surface area (Å²) in [6, 6.07) is 22.6. The van der Waals surface area contributed by atoms with Gasteiger partial charge in [-0.3, -0.25) is 4.79 Å². The number of para-hydroxylation sites is 2. The Hall–Kier alpha value is -4.11. The van der Waals surface area contributed by atoms with E-state index in [0.717, 1.165) is 17.7 Å². The number of esters is 1. The maximum absolute atomic E-state index is 13.3. The minimum atomic E-state index is -4.74. The number of aromatic nitrogens is 2. The molecule has 0 fully saturated rings. The second kappa shape index (κ2) is 10.0. The number of benzene rings is 3. The normalized spacial score (nSPS) is 11.2. The number of anilines is 1. The van der Waals surface area contributed by atoms with E-state index in [4.69, 9.17) is 16.3 Å². The van der Waals surface area contributed by atoms with Gasteiger partial charge in [0.25, 0.3) is 5.91 Å². The number of halogens is 4. The number of hydrogen-bond acceptors (Lipinski definition) is 4. The predicted octanol–water partition coefficient (Wildman–Crippen LogP) is 6.01. The lowest BCUT2D eigenvalue weighted by Gasteiger charge is -2.15. The molecule has 1 heterocycles. The minimum absolute atomic E-state index is 0.0385. The fraction of sp³-hybridized carbons (Fsp3) is 0.0800. The quantitative estimate of drug-likeness (QED) is 0.330. The third-order valence-electron chi connectivity index (χ3n) is 4.91. The third kappa shape index (κ3) is 5.52. The van der Waals surface area contributed by atoms with Crippen LogP contribution in [0.3, 0.4) is 0 Å². The topological polar surface area (TPSA) is 73.2 Å². The molecule has 10 heteroatoms. The first-order valence-corrected chi connectivity index (χ1v) is 10.7. The van der Waals surface area contributed by atoms with E-state index in [1.54, 1.807) is 30.3 Å². The largest absolute Gasteiger partial charge is 0.451 e. The highest BCUT2D eigenvalue weighted by Crippen LogP contribution is 2.38. The molecule has 0 unspecified atom stereocenters. The maximum atomic E-state index is 13.3. The van der Waals surface area contributed by atoms with Crippen molar-refractivity contribution in [2.45, 2.75) is 6.18 Å². The van der Waals surface area contributed by atoms with Gasteiger partial charge in [-0.25, -0.2) is 9.48 Å². The zero-order valence-corrected chi connectivity index (χ0v) is 18.7. The van der Waals surface area contributed by atoms with Crippen LogP contribution in [0.5, 0.6) is 0 Å². The lowest BCUT2D eigenvalue weighted by atomic mass is 10.1. The van der Waals surface area contributed by atoms with Crippen molar-refractivity contribution in [3.63, 3.8) is 0 Å². The van der Waals surface area contributed by atoms with Crippen LogP contribution in [0.25, 0.3) is 16.9 Å². The average Bonchev–Trinajstić information content (AvgIpc) is 3.30. The number of rotatable bonds is 6. The van der Waals surface area contributed by atoms with Crippen LogP contribution in [-0.4, -0.2) is 28.3 Å². The molecule has 6 nitrogen and oxygen atoms in total. The summed E-state index contributed by atoms with van der Waals surface area (Å²) >= 11 is 5.85. The standard InChI is InChI=1S/C25H17ClF3N3O3/c26-19-13-7-12-18(25(27,28)29)23(19)30-22(33)15-35-24(34)21-14-20(16-8-3-1-4-9-16)31-32(21)17-10-5-2-6-11-17/h1-14H,15H2,(H,30,33). The Morgan fingerprint density at radius 3 is 2.26 bits per heavy atom. The van der Waals surface area contributed by atoms with E-state index in [-0.39, 0.29) is 10.7 Å². The van der Waals surface area contributed by atoms with Crippen molar-refractivity contribution in [1.82, 2.24) is 9.78 Å². The van der Waals surface area contributed by atoms with Gasteiger partial charge in [-0.15, -0.1) is 0 Å². The highest BCUT2D eigenvalue weighted by atomic mass is 35.5. The van der Waals surface area contributed by atoms with E-state index < -0.39 is 35.9 Å². The molecule has 0 atom stereocenters. The predicted molar refractivity (Wildman–Crippen MR) is 124 cm³/mol. The van der Waals surface area contributed by atoms with Gasteiger partial charge < -0.3 is 10.1 Å². The summed E-state index contributed by atoms with van der Waals surface area (Å²) in [5, 5.41) is 6.27. The Balaban J connectivity index is 1.55. The molecule has 178 valence electrons. The van der Waals surface area contributed by atoms with Crippen LogP contribution in [0.1, 0.15) is 16.1 Å². The number of hydrogen-bond donors (Lipinski definition) is 1. The third-order valence-corrected chi connectivity index (χ3v) is 5.22. The van der Waals surface area contributed by atoms with Crippen LogP contribution < -0.4 is 5.32 Å². The molecule has 35 heavy (non-hydrogen) atoms. The molecule has 3 aromatic carbocycles. The molecule has 1 N–H and O–H groups in total. The van der Waals surface area contributed by atoms with Gasteiger partial charge in [0.05, 0.1) is 27.7 Å². The van der Waals surface area contributed by atoms with Gasteiger partial charge in [-0.1, -0.05) is 66.2 Å². The molecule has 0 saturated carbocycles. The second-order valence-electron chi connectivity index (χ2n) is 7.31. The van der Waals surface area contributed by atoms with Gasteiger partial charge >= 0.3 is 12.1 Å². The molecule has 0 aliphatic heterocycles. The van der Waals surface area contributed by atoms with Crippen LogP contribution >= 0.6 is 11.6 Å². The summed E-state index contributed by atoms with van der Waals surface area (Å²) in [6.45, 7) is -0.831. The number of nitrogens with one attached hydrogen (secondary N) is 1. The molecular weight excluding hydrogens is 483 g/mol. The molecule has 0 saturated heterocycles. The van der Waals surface area contributed by atoms with Crippen LogP contribution in [0.15, 0.2) is 84.9 Å². The summed E-state index contributed by atoms with van der Waals surface area (Å²) in [7, 11) is 0. The number of nitrogens with zero attached hydrogens (tertiary/aromatic N) is 2. The van der Waals surface area contributed by atoms with Gasteiger partial charge in [0.15, 0.2) is 12.3 Å². The SMILES string of the molecule is O=C(COC(=O)c1cc(-c2ccccc2)nn1-c1ccccc1)Nc1c(Cl)cccc1C(F)(F)F. The Labute approximate surface area is 202 Å². The molecule has 0 aliphatic carbocycles. The number of amides is 1. The minimum Gasteiger partial charge on any atom is -0.451 e. The van der Waals surface area contributed by atoms with E-state index >= 15 is 0 Å². The summed E-state index contributed by atoms with van der Waals surface area (Å²) < 4.78 is 46.2. The van der Waals surface area contributed by atoms with Gasteiger partial charge in [0.1, 0.15) is 0 Å². The molecule has 4 rings (SSSR count). The Kier molecular flexibility index (Phi) is 6.88. The van der Waals surface area contributed by atoms with Gasteiger partial charge in [0, 0.05) is 5.56 Å². The van der Waals surface area contributed by atoms with Crippen molar-refractivity contribution in [3.8, 4) is 16.9 Å². The number of carbonyl (C=O) groups is 2. The van der Waals surface area contributed by atoms with Crippen molar-refractivity contribution in [2.24, 2.45) is 0 Å². The maximum Gasteiger partial charge on any atom is 0.418 e. The van der Waals surface area contributed by atoms with Gasteiger partial charge in [-0.05, 0) is 30.3 Å². The summed E-state index contributed by atoms with van der Waals surface area (Å²) in [4.78, 5) is 25.2. The van der Waals surface area contributed by atoms with Gasteiger partial charge in [-0.2, -0.15) is 18.3 Å². The molecule has 4 aromatic rings. The zero-order chi connectivity index (χ0) is 25.0. The number of ether oxygens (including phenoxy) is 1. The first-order chi connectivity index (χ1) is 16.7. The lowest BCUT2D eigenvalue weighted by Crippen LogP contribution is -2.24. The second-order valence-corrected chi connectivity index (χ2v) is 7.72. The summed E-state index contributed by atoms with van der Waals surface area (Å²) in [5.41, 5.74) is 0.153. The molecule has 1 amide bonds. The lowest BCUT2D eigenvalue weighted by molar-refractivity contribution is -0.137. The van der Waals surface area contributed by atoms with E-state index in [2.05, 4.69) is 10.4 Å². The Morgan fingerprint density at radius 1 is 0.943 bits per heavy atom. The highest BCUT2D eigenvalue weighted by molar-refractivity contribution is 6.34. The van der Waals surface area contributed by atoms with Crippen LogP contribution in [-0.2, 0) is 15.7 Å². The molecular formula is C25H17ClF3N3O3. The van der Waals surface area contributed by atoms with E-state index in [0.29, 0.717) is 11.4 Å². The van der Waals surface area contributed by atoms with Crippen LogP contribution in [0, 0.1) is 0 Å². The molecule has 0 spiro atoms. The van der Waals surface area contributed by atoms with Crippen molar-refractivity contribution in [2.75, 3.05) is 11.9 Å². The summed E-state index contributed by atoms with van der Waals surface area (Å²) in [6.07, 6.45) is -4.74. The molecule has 0 radical (unpaired) electrons. The van der Waals surface area contributed by atoms with Gasteiger partial charge in [0.2, 0.25) is 0 Å². The van der Waals surface area contributed by atoms with Crippen molar-refractivity contribution in [3.05, 3.63) is 101 Å². The molecule has 0 aliphatic rings. The van der Waals surface area contributed by atoms with E-state index in [1.165, 1.54) is 16.8 Å². The fourth-order valence-corrected chi connectivity index (χ4v) is 3.53. The monoisotopic (exact) mass is 499 g/mol. The van der Waals surface area contributed by atoms with Crippen molar-refractivity contribution >= 4 is 29.2 Å². The average molecular weight is 500 g/mol. The smallest absolute Gasteiger partial charge is 0.418 e.